The van der Waals surface area contributed by atoms with Crippen LogP contribution in [0, 0.1) is 0 Å². The maximum atomic E-state index is 13.2. The largest absolute Gasteiger partial charge is 0.497 e. The topological polar surface area (TPSA) is 97.3 Å². The van der Waals surface area contributed by atoms with Crippen molar-refractivity contribution in [1.29, 1.82) is 0 Å². The number of ether oxygens (including phenoxy) is 1. The molecule has 0 aliphatic carbocycles. The van der Waals surface area contributed by atoms with Crippen LogP contribution in [0.4, 0.5) is 11.8 Å². The zero-order chi connectivity index (χ0) is 20.3. The summed E-state index contributed by atoms with van der Waals surface area (Å²) in [6.45, 7) is 0.450. The predicted molar refractivity (Wildman–Crippen MR) is 108 cm³/mol. The van der Waals surface area contributed by atoms with Gasteiger partial charge in [0.15, 0.2) is 0 Å². The minimum Gasteiger partial charge on any atom is -0.497 e. The quantitative estimate of drug-likeness (QED) is 0.665. The third-order valence-electron chi connectivity index (χ3n) is 4.79. The van der Waals surface area contributed by atoms with E-state index in [1.807, 2.05) is 18.2 Å². The van der Waals surface area contributed by atoms with E-state index in [2.05, 4.69) is 20.3 Å². The van der Waals surface area contributed by atoms with Crippen molar-refractivity contribution >= 4 is 21.8 Å². The van der Waals surface area contributed by atoms with Crippen LogP contribution >= 0.6 is 0 Å². The Hall–Kier alpha value is -3.04. The van der Waals surface area contributed by atoms with Crippen LogP contribution in [-0.4, -0.2) is 41.3 Å². The van der Waals surface area contributed by atoms with E-state index < -0.39 is 10.0 Å². The Kier molecular flexibility index (Phi) is 5.41. The second-order valence-electron chi connectivity index (χ2n) is 6.59. The van der Waals surface area contributed by atoms with Crippen molar-refractivity contribution in [3.8, 4) is 5.75 Å². The maximum Gasteiger partial charge on any atom is 0.243 e. The van der Waals surface area contributed by atoms with Gasteiger partial charge in [-0.05, 0) is 55.3 Å². The van der Waals surface area contributed by atoms with Crippen LogP contribution < -0.4 is 10.1 Å². The third kappa shape index (κ3) is 4.06. The summed E-state index contributed by atoms with van der Waals surface area (Å²) in [6, 6.07) is 13.4. The van der Waals surface area contributed by atoms with Crippen molar-refractivity contribution in [2.45, 2.75) is 23.8 Å². The SMILES string of the molecule is COc1ccc(S(=O)(=O)N2CCCC2c2ccnc(Nc3ccccn3)n2)cc1. The van der Waals surface area contributed by atoms with E-state index in [0.717, 1.165) is 6.42 Å². The highest BCUT2D eigenvalue weighted by Gasteiger charge is 2.37. The molecule has 0 spiro atoms. The molecule has 3 heterocycles. The molecule has 1 aliphatic heterocycles. The van der Waals surface area contributed by atoms with Gasteiger partial charge >= 0.3 is 0 Å². The average Bonchev–Trinajstić information content (AvgIpc) is 3.26. The van der Waals surface area contributed by atoms with Crippen molar-refractivity contribution in [2.75, 3.05) is 19.0 Å². The molecule has 8 nitrogen and oxygen atoms in total. The summed E-state index contributed by atoms with van der Waals surface area (Å²) < 4.78 is 33.1. The van der Waals surface area contributed by atoms with Crippen molar-refractivity contribution in [3.05, 3.63) is 66.6 Å². The Morgan fingerprint density at radius 1 is 1.07 bits per heavy atom. The van der Waals surface area contributed by atoms with E-state index in [0.29, 0.717) is 36.2 Å². The van der Waals surface area contributed by atoms with Crippen LogP contribution in [0.15, 0.2) is 65.8 Å². The van der Waals surface area contributed by atoms with Crippen LogP contribution in [0.1, 0.15) is 24.6 Å². The van der Waals surface area contributed by atoms with E-state index in [-0.39, 0.29) is 10.9 Å². The van der Waals surface area contributed by atoms with Crippen LogP contribution in [0.3, 0.4) is 0 Å². The standard InChI is InChI=1S/C20H21N5O3S/c1-28-15-7-9-16(10-8-15)29(26,27)25-14-4-5-18(25)17-11-13-22-20(23-17)24-19-6-2-3-12-21-19/h2-3,6-13,18H,4-5,14H2,1H3,(H,21,22,23,24). The number of nitrogens with zero attached hydrogens (tertiary/aromatic N) is 4. The molecule has 3 aromatic rings. The fraction of sp³-hybridized carbons (Fsp3) is 0.250. The third-order valence-corrected chi connectivity index (χ3v) is 6.72. The van der Waals surface area contributed by atoms with Crippen LogP contribution in [0.25, 0.3) is 0 Å². The summed E-state index contributed by atoms with van der Waals surface area (Å²) in [6.07, 6.45) is 4.78. The van der Waals surface area contributed by atoms with Crippen LogP contribution in [0.2, 0.25) is 0 Å². The van der Waals surface area contributed by atoms with E-state index in [1.54, 1.807) is 49.8 Å². The lowest BCUT2D eigenvalue weighted by Crippen LogP contribution is -2.31. The van der Waals surface area contributed by atoms with Crippen LogP contribution in [-0.2, 0) is 10.0 Å². The summed E-state index contributed by atoms with van der Waals surface area (Å²) in [4.78, 5) is 13.2. The van der Waals surface area contributed by atoms with Crippen molar-refractivity contribution in [2.24, 2.45) is 0 Å². The molecule has 29 heavy (non-hydrogen) atoms. The van der Waals surface area contributed by atoms with E-state index in [9.17, 15) is 8.42 Å². The summed E-state index contributed by atoms with van der Waals surface area (Å²) in [5.41, 5.74) is 0.660. The molecule has 0 radical (unpaired) electrons. The molecule has 1 unspecified atom stereocenters. The Morgan fingerprint density at radius 2 is 1.90 bits per heavy atom. The number of hydrogen-bond acceptors (Lipinski definition) is 7. The Labute approximate surface area is 169 Å². The number of anilines is 2. The second kappa shape index (κ2) is 8.14. The molecule has 1 fully saturated rings. The fourth-order valence-electron chi connectivity index (χ4n) is 3.38. The lowest BCUT2D eigenvalue weighted by Gasteiger charge is -2.24. The van der Waals surface area contributed by atoms with Gasteiger partial charge in [0.05, 0.1) is 23.7 Å². The Bertz CT molecular complexity index is 1070. The monoisotopic (exact) mass is 411 g/mol. The normalized spacial score (nSPS) is 17.2. The predicted octanol–water partition coefficient (Wildman–Crippen LogP) is 3.15. The van der Waals surface area contributed by atoms with E-state index >= 15 is 0 Å². The number of methoxy groups -OCH3 is 1. The second-order valence-corrected chi connectivity index (χ2v) is 8.48. The molecule has 0 saturated carbocycles. The molecular formula is C20H21N5O3S. The Balaban J connectivity index is 1.60. The zero-order valence-electron chi connectivity index (χ0n) is 15.9. The summed E-state index contributed by atoms with van der Waals surface area (Å²) in [5, 5.41) is 3.05. The molecule has 4 rings (SSSR count). The first-order valence-corrected chi connectivity index (χ1v) is 10.7. The molecule has 2 aromatic heterocycles. The van der Waals surface area contributed by atoms with Gasteiger partial charge in [-0.25, -0.2) is 23.4 Å². The molecule has 1 aromatic carbocycles. The van der Waals surface area contributed by atoms with Crippen molar-refractivity contribution in [3.63, 3.8) is 0 Å². The van der Waals surface area contributed by atoms with Gasteiger partial charge in [0, 0.05) is 18.9 Å². The molecule has 150 valence electrons. The summed E-state index contributed by atoms with van der Waals surface area (Å²) in [7, 11) is -2.10. The lowest BCUT2D eigenvalue weighted by molar-refractivity contribution is 0.390. The molecule has 1 N–H and O–H groups in total. The van der Waals surface area contributed by atoms with Gasteiger partial charge in [0.1, 0.15) is 11.6 Å². The van der Waals surface area contributed by atoms with E-state index in [4.69, 9.17) is 4.74 Å². The first-order chi connectivity index (χ1) is 14.1. The highest BCUT2D eigenvalue weighted by Crippen LogP contribution is 2.36. The summed E-state index contributed by atoms with van der Waals surface area (Å²) >= 11 is 0. The molecular weight excluding hydrogens is 390 g/mol. The lowest BCUT2D eigenvalue weighted by atomic mass is 10.1. The number of pyridine rings is 1. The van der Waals surface area contributed by atoms with Gasteiger partial charge in [-0.2, -0.15) is 4.31 Å². The number of hydrogen-bond donors (Lipinski definition) is 1. The van der Waals surface area contributed by atoms with Crippen LogP contribution in [0.5, 0.6) is 5.75 Å². The minimum absolute atomic E-state index is 0.242. The molecule has 0 amide bonds. The first-order valence-electron chi connectivity index (χ1n) is 9.25. The number of rotatable bonds is 6. The van der Waals surface area contributed by atoms with Crippen molar-refractivity contribution < 1.29 is 13.2 Å². The maximum absolute atomic E-state index is 13.2. The number of aromatic nitrogens is 3. The molecule has 1 atom stereocenters. The van der Waals surface area contributed by atoms with Gasteiger partial charge in [0.2, 0.25) is 16.0 Å². The van der Waals surface area contributed by atoms with Gasteiger partial charge in [-0.3, -0.25) is 0 Å². The smallest absolute Gasteiger partial charge is 0.243 e. The summed E-state index contributed by atoms with van der Waals surface area (Å²) in [5.74, 6) is 1.62. The molecule has 9 heteroatoms. The Morgan fingerprint density at radius 3 is 2.62 bits per heavy atom. The van der Waals surface area contributed by atoms with Gasteiger partial charge in [0.25, 0.3) is 0 Å². The molecule has 0 bridgehead atoms. The molecule has 1 saturated heterocycles. The minimum atomic E-state index is -3.65. The van der Waals surface area contributed by atoms with Crippen molar-refractivity contribution in [1.82, 2.24) is 19.3 Å². The highest BCUT2D eigenvalue weighted by atomic mass is 32.2. The average molecular weight is 411 g/mol. The number of benzene rings is 1. The number of nitrogens with one attached hydrogen (secondary N) is 1. The van der Waals surface area contributed by atoms with E-state index in [1.165, 1.54) is 4.31 Å². The first kappa shape index (κ1) is 19.3. The molecule has 1 aliphatic rings. The van der Waals surface area contributed by atoms with Gasteiger partial charge < -0.3 is 10.1 Å². The van der Waals surface area contributed by atoms with Gasteiger partial charge in [-0.15, -0.1) is 0 Å². The fourth-order valence-corrected chi connectivity index (χ4v) is 5.04. The van der Waals surface area contributed by atoms with Gasteiger partial charge in [-0.1, -0.05) is 6.07 Å². The highest BCUT2D eigenvalue weighted by molar-refractivity contribution is 7.89. The number of sulfonamides is 1. The zero-order valence-corrected chi connectivity index (χ0v) is 16.7.